The van der Waals surface area contributed by atoms with Gasteiger partial charge in [-0.15, -0.1) is 0 Å². The van der Waals surface area contributed by atoms with E-state index >= 15 is 0 Å². The topological polar surface area (TPSA) is 69.7 Å². The van der Waals surface area contributed by atoms with E-state index in [4.69, 9.17) is 20.2 Å². The molecule has 0 aliphatic rings. The van der Waals surface area contributed by atoms with E-state index in [-0.39, 0.29) is 18.8 Å². The van der Waals surface area contributed by atoms with Gasteiger partial charge in [-0.1, -0.05) is 0 Å². The minimum absolute atomic E-state index is 0.0208. The molecule has 0 aliphatic heterocycles. The van der Waals surface area contributed by atoms with Gasteiger partial charge in [0.05, 0.1) is 12.2 Å². The van der Waals surface area contributed by atoms with Crippen molar-refractivity contribution in [2.24, 2.45) is 0 Å². The molecule has 0 atom stereocenters. The third-order valence-electron chi connectivity index (χ3n) is 2.09. The summed E-state index contributed by atoms with van der Waals surface area (Å²) < 4.78 is 45.2. The highest BCUT2D eigenvalue weighted by atomic mass is 35.7. The monoisotopic (exact) mass is 310 g/mol. The van der Waals surface area contributed by atoms with Gasteiger partial charge in [0.2, 0.25) is 0 Å². The number of rotatable bonds is 6. The number of benzene rings is 1. The fourth-order valence-corrected chi connectivity index (χ4v) is 2.16. The maximum Gasteiger partial charge on any atom is 0.338 e. The van der Waals surface area contributed by atoms with Crippen molar-refractivity contribution in [2.75, 3.05) is 19.8 Å². The van der Waals surface area contributed by atoms with Gasteiger partial charge in [-0.25, -0.2) is 17.6 Å². The number of ether oxygens (including phenoxy) is 2. The van der Waals surface area contributed by atoms with E-state index in [1.165, 1.54) is 0 Å². The van der Waals surface area contributed by atoms with Crippen LogP contribution in [0.25, 0.3) is 0 Å². The first kappa shape index (κ1) is 15.9. The number of hydrogen-bond donors (Lipinski definition) is 0. The molecule has 0 saturated heterocycles. The van der Waals surface area contributed by atoms with E-state index < -0.39 is 25.7 Å². The van der Waals surface area contributed by atoms with E-state index in [1.807, 2.05) is 0 Å². The highest BCUT2D eigenvalue weighted by Gasteiger charge is 2.19. The van der Waals surface area contributed by atoms with Crippen LogP contribution < -0.4 is 0 Å². The van der Waals surface area contributed by atoms with Gasteiger partial charge in [0, 0.05) is 17.3 Å². The summed E-state index contributed by atoms with van der Waals surface area (Å²) in [5, 5.41) is 0. The molecule has 0 spiro atoms. The van der Waals surface area contributed by atoms with Crippen molar-refractivity contribution in [1.29, 1.82) is 0 Å². The zero-order valence-electron chi connectivity index (χ0n) is 10.1. The van der Waals surface area contributed by atoms with Crippen LogP contribution in [-0.4, -0.2) is 34.2 Å². The molecular weight excluding hydrogens is 299 g/mol. The fourth-order valence-electron chi connectivity index (χ4n) is 1.24. The highest BCUT2D eigenvalue weighted by molar-refractivity contribution is 8.13. The molecule has 0 aliphatic carbocycles. The van der Waals surface area contributed by atoms with Crippen LogP contribution in [0, 0.1) is 5.82 Å². The Morgan fingerprint density at radius 3 is 2.63 bits per heavy atom. The Morgan fingerprint density at radius 2 is 2.05 bits per heavy atom. The molecule has 0 aromatic heterocycles. The second-order valence-corrected chi connectivity index (χ2v) is 5.95. The van der Waals surface area contributed by atoms with Crippen molar-refractivity contribution >= 4 is 25.7 Å². The molecule has 0 bridgehead atoms. The van der Waals surface area contributed by atoms with E-state index in [0.29, 0.717) is 6.61 Å². The highest BCUT2D eigenvalue weighted by Crippen LogP contribution is 2.20. The van der Waals surface area contributed by atoms with Crippen molar-refractivity contribution in [1.82, 2.24) is 0 Å². The molecule has 0 amide bonds. The molecule has 19 heavy (non-hydrogen) atoms. The number of hydrogen-bond acceptors (Lipinski definition) is 5. The summed E-state index contributed by atoms with van der Waals surface area (Å²) in [4.78, 5) is 10.8. The van der Waals surface area contributed by atoms with Gasteiger partial charge in [-0.05, 0) is 25.1 Å². The largest absolute Gasteiger partial charge is 0.460 e. The molecule has 1 aromatic rings. The SMILES string of the molecule is CCOCCOC(=O)c1ccc(F)c(S(=O)(=O)Cl)c1. The standard InChI is InChI=1S/C11H12ClFO5S/c1-2-17-5-6-18-11(14)8-3-4-9(13)10(7-8)19(12,15)16/h3-4,7H,2,5-6H2,1H3. The lowest BCUT2D eigenvalue weighted by molar-refractivity contribution is 0.0335. The van der Waals surface area contributed by atoms with E-state index in [1.54, 1.807) is 6.92 Å². The molecule has 0 heterocycles. The van der Waals surface area contributed by atoms with E-state index in [2.05, 4.69) is 0 Å². The van der Waals surface area contributed by atoms with Gasteiger partial charge in [0.15, 0.2) is 0 Å². The average molecular weight is 311 g/mol. The minimum atomic E-state index is -4.25. The molecule has 1 rings (SSSR count). The van der Waals surface area contributed by atoms with Gasteiger partial charge >= 0.3 is 5.97 Å². The van der Waals surface area contributed by atoms with Crippen LogP contribution in [0.15, 0.2) is 23.1 Å². The number of esters is 1. The smallest absolute Gasteiger partial charge is 0.338 e. The van der Waals surface area contributed by atoms with Crippen LogP contribution >= 0.6 is 10.7 Å². The first-order chi connectivity index (χ1) is 8.86. The first-order valence-corrected chi connectivity index (χ1v) is 7.66. The van der Waals surface area contributed by atoms with Crippen molar-refractivity contribution < 1.29 is 27.1 Å². The molecular formula is C11H12ClFO5S. The summed E-state index contributed by atoms with van der Waals surface area (Å²) in [5.41, 5.74) is -0.0999. The van der Waals surface area contributed by atoms with Crippen molar-refractivity contribution in [3.63, 3.8) is 0 Å². The normalized spacial score (nSPS) is 11.3. The molecule has 0 unspecified atom stereocenters. The quantitative estimate of drug-likeness (QED) is 0.456. The van der Waals surface area contributed by atoms with Gasteiger partial charge in [-0.3, -0.25) is 0 Å². The van der Waals surface area contributed by atoms with Crippen LogP contribution in [-0.2, 0) is 18.5 Å². The van der Waals surface area contributed by atoms with E-state index in [9.17, 15) is 17.6 Å². The Morgan fingerprint density at radius 1 is 1.37 bits per heavy atom. The van der Waals surface area contributed by atoms with Crippen LogP contribution in [0.5, 0.6) is 0 Å². The summed E-state index contributed by atoms with van der Waals surface area (Å²) in [6.45, 7) is 2.53. The maximum absolute atomic E-state index is 13.2. The van der Waals surface area contributed by atoms with Crippen LogP contribution in [0.1, 0.15) is 17.3 Å². The third-order valence-corrected chi connectivity index (χ3v) is 3.43. The van der Waals surface area contributed by atoms with Gasteiger partial charge in [0.25, 0.3) is 9.05 Å². The third kappa shape index (κ3) is 4.77. The first-order valence-electron chi connectivity index (χ1n) is 5.35. The Hall–Kier alpha value is -1.18. The lowest BCUT2D eigenvalue weighted by Gasteiger charge is -2.06. The Kier molecular flexibility index (Phi) is 5.71. The molecule has 0 radical (unpaired) electrons. The van der Waals surface area contributed by atoms with Gasteiger partial charge in [-0.2, -0.15) is 0 Å². The average Bonchev–Trinajstić information content (AvgIpc) is 2.33. The second kappa shape index (κ2) is 6.83. The minimum Gasteiger partial charge on any atom is -0.460 e. The van der Waals surface area contributed by atoms with Crippen LogP contribution in [0.4, 0.5) is 4.39 Å². The predicted octanol–water partition coefficient (Wildman–Crippen LogP) is 1.95. The Bertz CT molecular complexity index is 558. The van der Waals surface area contributed by atoms with Crippen molar-refractivity contribution in [3.8, 4) is 0 Å². The predicted molar refractivity (Wildman–Crippen MR) is 66.2 cm³/mol. The van der Waals surface area contributed by atoms with Gasteiger partial charge in [0.1, 0.15) is 17.3 Å². The zero-order chi connectivity index (χ0) is 14.5. The Labute approximate surface area is 114 Å². The van der Waals surface area contributed by atoms with E-state index in [0.717, 1.165) is 18.2 Å². The van der Waals surface area contributed by atoms with Gasteiger partial charge < -0.3 is 9.47 Å². The summed E-state index contributed by atoms with van der Waals surface area (Å²) in [6.07, 6.45) is 0. The number of halogens is 2. The molecule has 0 N–H and O–H groups in total. The summed E-state index contributed by atoms with van der Waals surface area (Å²) in [5.74, 6) is -1.80. The Balaban J connectivity index is 2.82. The molecule has 5 nitrogen and oxygen atoms in total. The maximum atomic E-state index is 13.2. The van der Waals surface area contributed by atoms with Crippen LogP contribution in [0.3, 0.4) is 0 Å². The number of carbonyl (C=O) groups is 1. The second-order valence-electron chi connectivity index (χ2n) is 3.42. The fraction of sp³-hybridized carbons (Fsp3) is 0.364. The molecule has 0 fully saturated rings. The van der Waals surface area contributed by atoms with Crippen molar-refractivity contribution in [2.45, 2.75) is 11.8 Å². The lowest BCUT2D eigenvalue weighted by atomic mass is 10.2. The molecule has 1 aromatic carbocycles. The lowest BCUT2D eigenvalue weighted by Crippen LogP contribution is -2.11. The van der Waals surface area contributed by atoms with Crippen LogP contribution in [0.2, 0.25) is 0 Å². The number of carbonyl (C=O) groups excluding carboxylic acids is 1. The van der Waals surface area contributed by atoms with Crippen molar-refractivity contribution in [3.05, 3.63) is 29.6 Å². The molecule has 8 heteroatoms. The zero-order valence-corrected chi connectivity index (χ0v) is 11.6. The summed E-state index contributed by atoms with van der Waals surface area (Å²) in [7, 11) is 0.792. The summed E-state index contributed by atoms with van der Waals surface area (Å²) in [6, 6.07) is 2.79. The molecule has 106 valence electrons. The molecule has 0 saturated carbocycles. The summed E-state index contributed by atoms with van der Waals surface area (Å²) >= 11 is 0.